The van der Waals surface area contributed by atoms with Gasteiger partial charge in [0, 0.05) is 13.0 Å². The molecule has 0 aliphatic heterocycles. The molecule has 0 atom stereocenters. The van der Waals surface area contributed by atoms with E-state index in [1.54, 1.807) is 19.1 Å². The fourth-order valence-corrected chi connectivity index (χ4v) is 1.43. The Kier molecular flexibility index (Phi) is 5.70. The van der Waals surface area contributed by atoms with Gasteiger partial charge in [0.05, 0.1) is 5.71 Å². The van der Waals surface area contributed by atoms with Gasteiger partial charge in [-0.05, 0) is 31.5 Å². The molecule has 0 saturated heterocycles. The fourth-order valence-electron chi connectivity index (χ4n) is 1.43. The number of amides is 1. The van der Waals surface area contributed by atoms with E-state index < -0.39 is 0 Å². The summed E-state index contributed by atoms with van der Waals surface area (Å²) in [4.78, 5) is 11.2. The largest absolute Gasteiger partial charge is 0.484 e. The van der Waals surface area contributed by atoms with Gasteiger partial charge in [0.15, 0.2) is 6.61 Å². The molecule has 0 bridgehead atoms. The van der Waals surface area contributed by atoms with Crippen molar-refractivity contribution in [3.63, 3.8) is 0 Å². The van der Waals surface area contributed by atoms with Crippen LogP contribution < -0.4 is 10.1 Å². The molecular weight excluding hydrogens is 232 g/mol. The van der Waals surface area contributed by atoms with E-state index in [0.717, 1.165) is 5.56 Å². The summed E-state index contributed by atoms with van der Waals surface area (Å²) in [6, 6.07) is 7.34. The van der Waals surface area contributed by atoms with Gasteiger partial charge in [0.25, 0.3) is 5.91 Å². The zero-order valence-electron chi connectivity index (χ0n) is 10.6. The summed E-state index contributed by atoms with van der Waals surface area (Å²) >= 11 is 0. The molecule has 0 heterocycles. The van der Waals surface area contributed by atoms with Crippen LogP contribution >= 0.6 is 0 Å². The van der Waals surface area contributed by atoms with Gasteiger partial charge in [-0.25, -0.2) is 0 Å². The van der Waals surface area contributed by atoms with Gasteiger partial charge >= 0.3 is 0 Å². The Morgan fingerprint density at radius 2 is 2.06 bits per heavy atom. The van der Waals surface area contributed by atoms with Crippen molar-refractivity contribution in [2.45, 2.75) is 20.3 Å². The highest BCUT2D eigenvalue weighted by molar-refractivity contribution is 5.83. The minimum Gasteiger partial charge on any atom is -0.484 e. The number of oxime groups is 1. The third kappa shape index (κ3) is 4.86. The molecule has 1 amide bonds. The van der Waals surface area contributed by atoms with E-state index in [1.165, 1.54) is 0 Å². The number of nitrogens with zero attached hydrogens (tertiary/aromatic N) is 1. The van der Waals surface area contributed by atoms with Crippen LogP contribution in [0.3, 0.4) is 0 Å². The number of carbonyl (C=O) groups excluding carboxylic acids is 1. The quantitative estimate of drug-likeness (QED) is 0.457. The fraction of sp³-hybridized carbons (Fsp3) is 0.385. The number of nitrogens with one attached hydrogen (secondary N) is 1. The Hall–Kier alpha value is -2.04. The summed E-state index contributed by atoms with van der Waals surface area (Å²) in [5.74, 6) is 0.508. The summed E-state index contributed by atoms with van der Waals surface area (Å²) in [6.45, 7) is 4.22. The SMILES string of the molecule is CCNC(=O)COc1ccc(C/C(C)=N/O)cc1. The van der Waals surface area contributed by atoms with Crippen molar-refractivity contribution in [1.29, 1.82) is 0 Å². The molecule has 0 radical (unpaired) electrons. The average Bonchev–Trinajstić information content (AvgIpc) is 2.38. The van der Waals surface area contributed by atoms with Crippen molar-refractivity contribution in [1.82, 2.24) is 5.32 Å². The molecular formula is C13H18N2O3. The predicted molar refractivity (Wildman–Crippen MR) is 69.2 cm³/mol. The maximum atomic E-state index is 11.2. The molecule has 0 aliphatic carbocycles. The molecule has 98 valence electrons. The van der Waals surface area contributed by atoms with Gasteiger partial charge in [-0.1, -0.05) is 17.3 Å². The Bertz CT molecular complexity index is 413. The average molecular weight is 250 g/mol. The van der Waals surface area contributed by atoms with Crippen LogP contribution in [0.5, 0.6) is 5.75 Å². The molecule has 2 N–H and O–H groups in total. The van der Waals surface area contributed by atoms with E-state index in [1.807, 2.05) is 19.1 Å². The highest BCUT2D eigenvalue weighted by Crippen LogP contribution is 2.12. The lowest BCUT2D eigenvalue weighted by Gasteiger charge is -2.07. The number of benzene rings is 1. The lowest BCUT2D eigenvalue weighted by atomic mass is 10.1. The van der Waals surface area contributed by atoms with Crippen LogP contribution in [0.2, 0.25) is 0 Å². The number of hydrogen-bond donors (Lipinski definition) is 2. The number of ether oxygens (including phenoxy) is 1. The second kappa shape index (κ2) is 7.32. The zero-order valence-corrected chi connectivity index (χ0v) is 10.6. The molecule has 0 saturated carbocycles. The number of likely N-dealkylation sites (N-methyl/N-ethyl adjacent to an activating group) is 1. The summed E-state index contributed by atoms with van der Waals surface area (Å²) in [6.07, 6.45) is 0.590. The van der Waals surface area contributed by atoms with Crippen molar-refractivity contribution in [2.24, 2.45) is 5.16 Å². The van der Waals surface area contributed by atoms with Gasteiger partial charge in [-0.3, -0.25) is 4.79 Å². The van der Waals surface area contributed by atoms with E-state index in [2.05, 4.69) is 10.5 Å². The van der Waals surface area contributed by atoms with Crippen molar-refractivity contribution in [2.75, 3.05) is 13.2 Å². The molecule has 1 aromatic carbocycles. The van der Waals surface area contributed by atoms with Crippen molar-refractivity contribution in [3.8, 4) is 5.75 Å². The lowest BCUT2D eigenvalue weighted by Crippen LogP contribution is -2.28. The van der Waals surface area contributed by atoms with Crippen LogP contribution in [-0.2, 0) is 11.2 Å². The Morgan fingerprint density at radius 3 is 2.61 bits per heavy atom. The number of hydrogen-bond acceptors (Lipinski definition) is 4. The smallest absolute Gasteiger partial charge is 0.257 e. The van der Waals surface area contributed by atoms with E-state index >= 15 is 0 Å². The Morgan fingerprint density at radius 1 is 1.39 bits per heavy atom. The lowest BCUT2D eigenvalue weighted by molar-refractivity contribution is -0.122. The summed E-state index contributed by atoms with van der Waals surface area (Å²) in [7, 11) is 0. The van der Waals surface area contributed by atoms with E-state index in [9.17, 15) is 4.79 Å². The molecule has 18 heavy (non-hydrogen) atoms. The van der Waals surface area contributed by atoms with Crippen molar-refractivity contribution in [3.05, 3.63) is 29.8 Å². The van der Waals surface area contributed by atoms with Gasteiger partial charge in [-0.15, -0.1) is 0 Å². The maximum Gasteiger partial charge on any atom is 0.257 e. The second-order valence-electron chi connectivity index (χ2n) is 3.90. The van der Waals surface area contributed by atoms with E-state index in [4.69, 9.17) is 9.94 Å². The first-order valence-electron chi connectivity index (χ1n) is 5.81. The monoisotopic (exact) mass is 250 g/mol. The molecule has 0 aromatic heterocycles. The standard InChI is InChI=1S/C13H18N2O3/c1-3-14-13(16)9-18-12-6-4-11(5-7-12)8-10(2)15-17/h4-7,17H,3,8-9H2,1-2H3,(H,14,16)/b15-10+. The van der Waals surface area contributed by atoms with Gasteiger partial charge < -0.3 is 15.3 Å². The molecule has 0 spiro atoms. The highest BCUT2D eigenvalue weighted by Gasteiger charge is 2.01. The Labute approximate surface area is 106 Å². The third-order valence-corrected chi connectivity index (χ3v) is 2.30. The summed E-state index contributed by atoms with van der Waals surface area (Å²) in [5.41, 5.74) is 1.67. The maximum absolute atomic E-state index is 11.2. The molecule has 1 aromatic rings. The van der Waals surface area contributed by atoms with Crippen LogP contribution in [0.4, 0.5) is 0 Å². The molecule has 5 nitrogen and oxygen atoms in total. The van der Waals surface area contributed by atoms with Gasteiger partial charge in [0.1, 0.15) is 5.75 Å². The third-order valence-electron chi connectivity index (χ3n) is 2.30. The van der Waals surface area contributed by atoms with Crippen LogP contribution in [-0.4, -0.2) is 30.0 Å². The zero-order chi connectivity index (χ0) is 13.4. The predicted octanol–water partition coefficient (Wildman–Crippen LogP) is 1.59. The first-order chi connectivity index (χ1) is 8.65. The van der Waals surface area contributed by atoms with Crippen molar-refractivity contribution < 1.29 is 14.7 Å². The summed E-state index contributed by atoms with van der Waals surface area (Å²) < 4.78 is 5.31. The van der Waals surface area contributed by atoms with E-state index in [-0.39, 0.29) is 12.5 Å². The number of rotatable bonds is 6. The molecule has 0 aliphatic rings. The topological polar surface area (TPSA) is 70.9 Å². The van der Waals surface area contributed by atoms with Crippen LogP contribution in [0, 0.1) is 0 Å². The first-order valence-corrected chi connectivity index (χ1v) is 5.81. The molecule has 0 unspecified atom stereocenters. The molecule has 0 fully saturated rings. The second-order valence-corrected chi connectivity index (χ2v) is 3.90. The highest BCUT2D eigenvalue weighted by atomic mass is 16.5. The van der Waals surface area contributed by atoms with Gasteiger partial charge in [-0.2, -0.15) is 0 Å². The molecule has 1 rings (SSSR count). The van der Waals surface area contributed by atoms with Crippen molar-refractivity contribution >= 4 is 11.6 Å². The normalized spacial score (nSPS) is 11.1. The minimum atomic E-state index is -0.134. The molecule has 5 heteroatoms. The van der Waals surface area contributed by atoms with Crippen LogP contribution in [0.25, 0.3) is 0 Å². The minimum absolute atomic E-state index is 0.0182. The summed E-state index contributed by atoms with van der Waals surface area (Å²) in [5, 5.41) is 14.3. The Balaban J connectivity index is 2.47. The number of carbonyl (C=O) groups is 1. The first kappa shape index (κ1) is 14.0. The van der Waals surface area contributed by atoms with Crippen LogP contribution in [0.15, 0.2) is 29.4 Å². The van der Waals surface area contributed by atoms with Crippen LogP contribution in [0.1, 0.15) is 19.4 Å². The van der Waals surface area contributed by atoms with Gasteiger partial charge in [0.2, 0.25) is 0 Å². The van der Waals surface area contributed by atoms with E-state index in [0.29, 0.717) is 24.4 Å².